The number of hydrogen-bond donors (Lipinski definition) is 1. The molecule has 1 aliphatic rings. The van der Waals surface area contributed by atoms with E-state index in [9.17, 15) is 13.2 Å². The quantitative estimate of drug-likeness (QED) is 0.909. The average Bonchev–Trinajstić information content (AvgIpc) is 2.65. The second kappa shape index (κ2) is 7.28. The van der Waals surface area contributed by atoms with E-state index >= 15 is 0 Å². The second-order valence-electron chi connectivity index (χ2n) is 6.04. The van der Waals surface area contributed by atoms with Crippen molar-refractivity contribution in [3.63, 3.8) is 0 Å². The van der Waals surface area contributed by atoms with Gasteiger partial charge in [0.2, 0.25) is 0 Å². The summed E-state index contributed by atoms with van der Waals surface area (Å²) in [7, 11) is 0. The monoisotopic (exact) mass is 359 g/mol. The van der Waals surface area contributed by atoms with Crippen LogP contribution in [-0.2, 0) is 4.74 Å². The molecule has 2 aromatic rings. The molecule has 136 valence electrons. The maximum absolute atomic E-state index is 15.0. The molecule has 0 fully saturated rings. The van der Waals surface area contributed by atoms with Crippen LogP contribution >= 0.6 is 0 Å². The Morgan fingerprint density at radius 1 is 1.08 bits per heavy atom. The minimum atomic E-state index is -2.18. The van der Waals surface area contributed by atoms with Gasteiger partial charge in [-0.05, 0) is 35.1 Å². The van der Waals surface area contributed by atoms with Crippen molar-refractivity contribution in [2.24, 2.45) is 5.73 Å². The molecule has 0 spiro atoms. The molecule has 0 heterocycles. The molecular weight excluding hydrogens is 339 g/mol. The van der Waals surface area contributed by atoms with Gasteiger partial charge in [-0.25, -0.2) is 13.2 Å². The van der Waals surface area contributed by atoms with E-state index < -0.39 is 17.8 Å². The van der Waals surface area contributed by atoms with Crippen molar-refractivity contribution in [1.82, 2.24) is 0 Å². The maximum atomic E-state index is 15.0. The predicted octanol–water partition coefficient (Wildman–Crippen LogP) is 3.61. The van der Waals surface area contributed by atoms with Crippen molar-refractivity contribution in [2.75, 3.05) is 6.61 Å². The summed E-state index contributed by atoms with van der Waals surface area (Å²) in [6, 6.07) is 10.2. The highest BCUT2D eigenvalue weighted by molar-refractivity contribution is 5.53. The second-order valence-corrected chi connectivity index (χ2v) is 6.04. The number of hydrogen-bond acceptors (Lipinski definition) is 2. The zero-order valence-electron chi connectivity index (χ0n) is 14.7. The van der Waals surface area contributed by atoms with E-state index in [4.69, 9.17) is 10.5 Å². The molecule has 5 heteroatoms. The average molecular weight is 359 g/mol. The lowest BCUT2D eigenvalue weighted by atomic mass is 9.98. The SMILES string of the molecule is CCOC1=C(F)C(F)c2c(F)c(=c3ccc(=C(N)CC)cc3)ccc2=C1. The van der Waals surface area contributed by atoms with E-state index in [2.05, 4.69) is 0 Å². The molecule has 1 unspecified atom stereocenters. The molecule has 0 saturated carbocycles. The van der Waals surface area contributed by atoms with E-state index in [0.29, 0.717) is 11.6 Å². The summed E-state index contributed by atoms with van der Waals surface area (Å²) in [4.78, 5) is 0. The van der Waals surface area contributed by atoms with Gasteiger partial charge in [-0.1, -0.05) is 43.3 Å². The van der Waals surface area contributed by atoms with Gasteiger partial charge in [0.15, 0.2) is 17.8 Å². The molecule has 0 bridgehead atoms. The van der Waals surface area contributed by atoms with Crippen molar-refractivity contribution in [1.29, 1.82) is 0 Å². The Morgan fingerprint density at radius 2 is 1.77 bits per heavy atom. The van der Waals surface area contributed by atoms with Gasteiger partial charge >= 0.3 is 0 Å². The van der Waals surface area contributed by atoms with Crippen LogP contribution in [0.1, 0.15) is 32.0 Å². The summed E-state index contributed by atoms with van der Waals surface area (Å²) < 4.78 is 48.8. The molecule has 2 nitrogen and oxygen atoms in total. The summed E-state index contributed by atoms with van der Waals surface area (Å²) in [5.74, 6) is -2.05. The third-order valence-corrected chi connectivity index (χ3v) is 4.46. The fourth-order valence-corrected chi connectivity index (χ4v) is 3.01. The predicted molar refractivity (Wildman–Crippen MR) is 95.7 cm³/mol. The molecule has 3 rings (SSSR count). The molecular formula is C21H20F3NO. The number of benzene rings is 2. The Balaban J connectivity index is 2.26. The molecule has 0 aliphatic heterocycles. The molecule has 26 heavy (non-hydrogen) atoms. The number of nitrogens with two attached hydrogens (primary N) is 1. The standard InChI is InChI=1S/C21H20F3NO/c1-3-16(25)13-7-5-12(6-8-13)15-10-9-14-11-17(26-4-2)20(23)21(24)18(14)19(15)22/h5-11,21H,3-4,25H2,1-2H3. The summed E-state index contributed by atoms with van der Waals surface area (Å²) >= 11 is 0. The third-order valence-electron chi connectivity index (χ3n) is 4.46. The third kappa shape index (κ3) is 3.09. The van der Waals surface area contributed by atoms with Crippen LogP contribution in [0, 0.1) is 16.3 Å². The summed E-state index contributed by atoms with van der Waals surface area (Å²) in [5, 5.41) is 1.93. The number of rotatable bonds is 3. The normalized spacial score (nSPS) is 16.1. The lowest BCUT2D eigenvalue weighted by Gasteiger charge is -2.17. The molecule has 0 aromatic heterocycles. The van der Waals surface area contributed by atoms with Crippen LogP contribution in [0.25, 0.3) is 11.8 Å². The number of halogens is 3. The van der Waals surface area contributed by atoms with E-state index in [0.717, 1.165) is 10.9 Å². The number of fused-ring (bicyclic) bond motifs is 1. The van der Waals surface area contributed by atoms with Gasteiger partial charge in [-0.2, -0.15) is 0 Å². The Labute approximate surface area is 149 Å². The highest BCUT2D eigenvalue weighted by Gasteiger charge is 2.28. The van der Waals surface area contributed by atoms with Crippen LogP contribution in [0.4, 0.5) is 13.2 Å². The molecule has 0 radical (unpaired) electrons. The van der Waals surface area contributed by atoms with Crippen molar-refractivity contribution in [2.45, 2.75) is 26.4 Å². The molecule has 2 N–H and O–H groups in total. The van der Waals surface area contributed by atoms with E-state index in [1.165, 1.54) is 6.08 Å². The fourth-order valence-electron chi connectivity index (χ4n) is 3.01. The first-order chi connectivity index (χ1) is 12.5. The first kappa shape index (κ1) is 18.1. The smallest absolute Gasteiger partial charge is 0.184 e. The first-order valence-corrected chi connectivity index (χ1v) is 8.53. The Kier molecular flexibility index (Phi) is 5.07. The molecule has 0 amide bonds. The van der Waals surface area contributed by atoms with Gasteiger partial charge in [0, 0.05) is 16.5 Å². The Bertz CT molecular complexity index is 1070. The van der Waals surface area contributed by atoms with Gasteiger partial charge in [-0.3, -0.25) is 0 Å². The van der Waals surface area contributed by atoms with Crippen LogP contribution in [0.2, 0.25) is 0 Å². The van der Waals surface area contributed by atoms with Gasteiger partial charge < -0.3 is 10.5 Å². The number of allylic oxidation sites excluding steroid dienone is 2. The lowest BCUT2D eigenvalue weighted by molar-refractivity contribution is 0.214. The summed E-state index contributed by atoms with van der Waals surface area (Å²) in [6.45, 7) is 3.82. The lowest BCUT2D eigenvalue weighted by Crippen LogP contribution is -2.20. The van der Waals surface area contributed by atoms with Gasteiger partial charge in [-0.15, -0.1) is 0 Å². The topological polar surface area (TPSA) is 35.2 Å². The number of ether oxygens (including phenoxy) is 1. The van der Waals surface area contributed by atoms with Gasteiger partial charge in [0.1, 0.15) is 5.82 Å². The fraction of sp³-hybridized carbons (Fsp3) is 0.238. The Hall–Kier alpha value is -2.69. The molecule has 1 atom stereocenters. The zero-order chi connectivity index (χ0) is 18.8. The van der Waals surface area contributed by atoms with Crippen molar-refractivity contribution in [3.8, 4) is 0 Å². The Morgan fingerprint density at radius 3 is 2.38 bits per heavy atom. The number of alkyl halides is 1. The minimum absolute atomic E-state index is 0.186. The first-order valence-electron chi connectivity index (χ1n) is 8.53. The minimum Gasteiger partial charge on any atom is -0.491 e. The summed E-state index contributed by atoms with van der Waals surface area (Å²) in [5.41, 5.74) is 6.34. The van der Waals surface area contributed by atoms with Crippen molar-refractivity contribution in [3.05, 3.63) is 80.2 Å². The van der Waals surface area contributed by atoms with Crippen LogP contribution in [0.5, 0.6) is 0 Å². The van der Waals surface area contributed by atoms with Crippen molar-refractivity contribution >= 4 is 11.8 Å². The largest absolute Gasteiger partial charge is 0.491 e. The zero-order valence-corrected chi connectivity index (χ0v) is 14.7. The van der Waals surface area contributed by atoms with Gasteiger partial charge in [0.25, 0.3) is 0 Å². The van der Waals surface area contributed by atoms with Crippen LogP contribution in [-0.4, -0.2) is 6.61 Å². The highest BCUT2D eigenvalue weighted by Crippen LogP contribution is 2.33. The maximum Gasteiger partial charge on any atom is 0.184 e. The van der Waals surface area contributed by atoms with Crippen molar-refractivity contribution < 1.29 is 17.9 Å². The highest BCUT2D eigenvalue weighted by atomic mass is 19.2. The molecule has 0 saturated heterocycles. The molecule has 1 aliphatic carbocycles. The van der Waals surface area contributed by atoms with Crippen LogP contribution in [0.3, 0.4) is 0 Å². The van der Waals surface area contributed by atoms with E-state index in [1.54, 1.807) is 43.3 Å². The van der Waals surface area contributed by atoms with Crippen LogP contribution in [0.15, 0.2) is 48.0 Å². The van der Waals surface area contributed by atoms with Crippen LogP contribution < -0.4 is 16.2 Å². The van der Waals surface area contributed by atoms with E-state index in [-0.39, 0.29) is 28.4 Å². The summed E-state index contributed by atoms with van der Waals surface area (Å²) in [6.07, 6.45) is -0.142. The molecule has 2 aromatic carbocycles. The van der Waals surface area contributed by atoms with E-state index in [1.807, 2.05) is 6.92 Å². The van der Waals surface area contributed by atoms with Gasteiger partial charge in [0.05, 0.1) is 6.61 Å².